The molecule has 1 heterocycles. The molecule has 1 amide bonds. The number of rotatable bonds is 2. The van der Waals surface area contributed by atoms with Crippen LogP contribution in [0.3, 0.4) is 0 Å². The Morgan fingerprint density at radius 2 is 2.33 bits per heavy atom. The average Bonchev–Trinajstić information content (AvgIpc) is 2.74. The fraction of sp³-hybridized carbons (Fsp3) is 0.300. The van der Waals surface area contributed by atoms with Crippen molar-refractivity contribution in [3.05, 3.63) is 28.8 Å². The zero-order chi connectivity index (χ0) is 10.8. The lowest BCUT2D eigenvalue weighted by molar-refractivity contribution is 0.0706. The second-order valence-electron chi connectivity index (χ2n) is 3.36. The Bertz CT molecular complexity index is 404. The minimum atomic E-state index is -0.525. The zero-order valence-corrected chi connectivity index (χ0v) is 8.33. The third-order valence-electron chi connectivity index (χ3n) is 2.50. The van der Waals surface area contributed by atoms with E-state index in [-0.39, 0.29) is 0 Å². The summed E-state index contributed by atoms with van der Waals surface area (Å²) in [5.41, 5.74) is 4.12. The van der Waals surface area contributed by atoms with Crippen LogP contribution in [0.25, 0.3) is 0 Å². The number of hydroxylamine groups is 1. The lowest BCUT2D eigenvalue weighted by Crippen LogP contribution is -2.19. The van der Waals surface area contributed by atoms with E-state index in [0.717, 1.165) is 24.2 Å². The van der Waals surface area contributed by atoms with Crippen molar-refractivity contribution in [2.75, 3.05) is 7.11 Å². The van der Waals surface area contributed by atoms with Crippen LogP contribution in [0.15, 0.2) is 12.1 Å². The summed E-state index contributed by atoms with van der Waals surface area (Å²) in [7, 11) is 1.56. The molecular weight excluding hydrogens is 196 g/mol. The summed E-state index contributed by atoms with van der Waals surface area (Å²) in [5, 5.41) is 11.7. The second-order valence-corrected chi connectivity index (χ2v) is 3.36. The fourth-order valence-corrected chi connectivity index (χ4v) is 1.76. The molecule has 5 heteroatoms. The van der Waals surface area contributed by atoms with Crippen LogP contribution in [-0.2, 0) is 13.1 Å². The minimum absolute atomic E-state index is 0.400. The second kappa shape index (κ2) is 3.88. The van der Waals surface area contributed by atoms with E-state index in [4.69, 9.17) is 9.94 Å². The molecule has 0 spiro atoms. The molecule has 0 saturated heterocycles. The van der Waals surface area contributed by atoms with Crippen molar-refractivity contribution in [2.24, 2.45) is 0 Å². The van der Waals surface area contributed by atoms with Crippen molar-refractivity contribution in [3.8, 4) is 5.75 Å². The molecule has 1 aliphatic rings. The lowest BCUT2D eigenvalue weighted by Gasteiger charge is -2.08. The van der Waals surface area contributed by atoms with Gasteiger partial charge in [-0.3, -0.25) is 10.0 Å². The Balaban J connectivity index is 2.48. The Labute approximate surface area is 87.0 Å². The largest absolute Gasteiger partial charge is 0.496 e. The molecule has 0 bridgehead atoms. The minimum Gasteiger partial charge on any atom is -0.496 e. The number of methoxy groups -OCH3 is 1. The third kappa shape index (κ3) is 1.67. The first kappa shape index (κ1) is 9.95. The van der Waals surface area contributed by atoms with Crippen LogP contribution in [-0.4, -0.2) is 18.2 Å². The fourth-order valence-electron chi connectivity index (χ4n) is 1.76. The van der Waals surface area contributed by atoms with Crippen LogP contribution in [0.2, 0.25) is 0 Å². The Morgan fingerprint density at radius 1 is 1.53 bits per heavy atom. The summed E-state index contributed by atoms with van der Waals surface area (Å²) in [5.74, 6) is 0.152. The van der Waals surface area contributed by atoms with E-state index >= 15 is 0 Å². The Kier molecular flexibility index (Phi) is 2.57. The first-order chi connectivity index (χ1) is 7.26. The Morgan fingerprint density at radius 3 is 3.00 bits per heavy atom. The number of fused-ring (bicyclic) bond motifs is 1. The number of benzene rings is 1. The summed E-state index contributed by atoms with van der Waals surface area (Å²) < 4.78 is 5.19. The number of amides is 1. The van der Waals surface area contributed by atoms with Gasteiger partial charge in [-0.1, -0.05) is 0 Å². The molecule has 1 aromatic carbocycles. The lowest BCUT2D eigenvalue weighted by atomic mass is 10.0. The number of ether oxygens (including phenoxy) is 1. The number of hydrogen-bond acceptors (Lipinski definition) is 4. The van der Waals surface area contributed by atoms with Gasteiger partial charge in [0.25, 0.3) is 5.91 Å². The van der Waals surface area contributed by atoms with Crippen LogP contribution in [0.5, 0.6) is 5.75 Å². The van der Waals surface area contributed by atoms with E-state index in [0.29, 0.717) is 11.3 Å². The van der Waals surface area contributed by atoms with Crippen molar-refractivity contribution in [1.29, 1.82) is 0 Å². The molecule has 80 valence electrons. The van der Waals surface area contributed by atoms with Gasteiger partial charge in [-0.25, -0.2) is 5.48 Å². The van der Waals surface area contributed by atoms with E-state index in [2.05, 4.69) is 5.32 Å². The molecule has 3 N–H and O–H groups in total. The predicted molar refractivity (Wildman–Crippen MR) is 52.8 cm³/mol. The molecule has 0 radical (unpaired) electrons. The maximum atomic E-state index is 11.2. The van der Waals surface area contributed by atoms with Crippen molar-refractivity contribution >= 4 is 5.91 Å². The molecule has 0 atom stereocenters. The topological polar surface area (TPSA) is 70.6 Å². The summed E-state index contributed by atoms with van der Waals surface area (Å²) >= 11 is 0. The average molecular weight is 208 g/mol. The van der Waals surface area contributed by atoms with Gasteiger partial charge in [0.15, 0.2) is 0 Å². The summed E-state index contributed by atoms with van der Waals surface area (Å²) in [6.45, 7) is 1.47. The maximum absolute atomic E-state index is 11.2. The van der Waals surface area contributed by atoms with Crippen LogP contribution in [0, 0.1) is 0 Å². The molecule has 0 saturated carbocycles. The normalized spacial score (nSPS) is 13.5. The Hall–Kier alpha value is -1.59. The molecule has 15 heavy (non-hydrogen) atoms. The first-order valence-electron chi connectivity index (χ1n) is 4.61. The van der Waals surface area contributed by atoms with E-state index in [1.54, 1.807) is 24.7 Å². The van der Waals surface area contributed by atoms with Gasteiger partial charge in [0, 0.05) is 24.2 Å². The van der Waals surface area contributed by atoms with Crippen molar-refractivity contribution < 1.29 is 14.7 Å². The summed E-state index contributed by atoms with van der Waals surface area (Å²) in [6, 6.07) is 3.38. The first-order valence-corrected chi connectivity index (χ1v) is 4.61. The van der Waals surface area contributed by atoms with Gasteiger partial charge in [-0.2, -0.15) is 0 Å². The number of carbonyl (C=O) groups is 1. The van der Waals surface area contributed by atoms with Crippen molar-refractivity contribution in [3.63, 3.8) is 0 Å². The predicted octanol–water partition coefficient (Wildman–Crippen LogP) is 0.417. The van der Waals surface area contributed by atoms with Gasteiger partial charge in [0.2, 0.25) is 0 Å². The van der Waals surface area contributed by atoms with Crippen molar-refractivity contribution in [1.82, 2.24) is 10.8 Å². The zero-order valence-electron chi connectivity index (χ0n) is 8.33. The van der Waals surface area contributed by atoms with Crippen LogP contribution in [0.4, 0.5) is 0 Å². The molecular formula is C10H12N2O3. The van der Waals surface area contributed by atoms with E-state index in [1.807, 2.05) is 0 Å². The van der Waals surface area contributed by atoms with Crippen LogP contribution >= 0.6 is 0 Å². The number of hydrogen-bond donors (Lipinski definition) is 3. The molecule has 0 aromatic heterocycles. The molecule has 0 unspecified atom stereocenters. The highest BCUT2D eigenvalue weighted by Crippen LogP contribution is 2.28. The number of nitrogens with one attached hydrogen (secondary N) is 2. The van der Waals surface area contributed by atoms with Gasteiger partial charge >= 0.3 is 0 Å². The highest BCUT2D eigenvalue weighted by atomic mass is 16.5. The maximum Gasteiger partial charge on any atom is 0.274 e. The molecule has 5 nitrogen and oxygen atoms in total. The smallest absolute Gasteiger partial charge is 0.274 e. The van der Waals surface area contributed by atoms with E-state index < -0.39 is 5.91 Å². The third-order valence-corrected chi connectivity index (χ3v) is 2.50. The van der Waals surface area contributed by atoms with E-state index in [1.165, 1.54) is 0 Å². The molecule has 1 aromatic rings. The van der Waals surface area contributed by atoms with Gasteiger partial charge in [0.05, 0.1) is 7.11 Å². The molecule has 0 aliphatic carbocycles. The highest BCUT2D eigenvalue weighted by Gasteiger charge is 2.18. The SMILES string of the molecule is COc1cc(C(=O)NO)cc2c1CNC2. The van der Waals surface area contributed by atoms with Gasteiger partial charge in [-0.15, -0.1) is 0 Å². The molecule has 2 rings (SSSR count). The molecule has 0 fully saturated rings. The summed E-state index contributed by atoms with van der Waals surface area (Å²) in [4.78, 5) is 11.2. The van der Waals surface area contributed by atoms with E-state index in [9.17, 15) is 4.79 Å². The van der Waals surface area contributed by atoms with Gasteiger partial charge < -0.3 is 10.1 Å². The summed E-state index contributed by atoms with van der Waals surface area (Å²) in [6.07, 6.45) is 0. The van der Waals surface area contributed by atoms with Crippen LogP contribution < -0.4 is 15.5 Å². The van der Waals surface area contributed by atoms with Gasteiger partial charge in [0.1, 0.15) is 5.75 Å². The van der Waals surface area contributed by atoms with Gasteiger partial charge in [-0.05, 0) is 17.7 Å². The number of carbonyl (C=O) groups excluding carboxylic acids is 1. The highest BCUT2D eigenvalue weighted by molar-refractivity contribution is 5.94. The molecule has 1 aliphatic heterocycles. The quantitative estimate of drug-likeness (QED) is 0.486. The monoisotopic (exact) mass is 208 g/mol. The van der Waals surface area contributed by atoms with Crippen LogP contribution in [0.1, 0.15) is 21.5 Å². The van der Waals surface area contributed by atoms with Crippen molar-refractivity contribution in [2.45, 2.75) is 13.1 Å². The standard InChI is InChI=1S/C10H12N2O3/c1-15-9-3-6(10(13)12-14)2-7-4-11-5-8(7)9/h2-3,11,14H,4-5H2,1H3,(H,12,13).